The summed E-state index contributed by atoms with van der Waals surface area (Å²) in [6.45, 7) is 4.09. The van der Waals surface area contributed by atoms with Crippen LogP contribution in [0.15, 0.2) is 0 Å². The smallest absolute Gasteiger partial charge is 0.307 e. The van der Waals surface area contributed by atoms with Crippen LogP contribution in [-0.4, -0.2) is 56.4 Å². The van der Waals surface area contributed by atoms with Gasteiger partial charge in [0.05, 0.1) is 25.0 Å². The molecule has 1 aliphatic rings. The molecule has 20 heavy (non-hydrogen) atoms. The summed E-state index contributed by atoms with van der Waals surface area (Å²) in [6, 6.07) is -0.309. The van der Waals surface area contributed by atoms with Gasteiger partial charge in [-0.05, 0) is 12.3 Å². The molecule has 0 unspecified atom stereocenters. The predicted molar refractivity (Wildman–Crippen MR) is 74.9 cm³/mol. The molecule has 0 N–H and O–H groups in total. The van der Waals surface area contributed by atoms with Crippen LogP contribution in [0.25, 0.3) is 0 Å². The van der Waals surface area contributed by atoms with Crippen LogP contribution < -0.4 is 0 Å². The molecule has 1 amide bonds. The maximum absolute atomic E-state index is 12.2. The van der Waals surface area contributed by atoms with Crippen LogP contribution in [0.4, 0.5) is 0 Å². The first kappa shape index (κ1) is 16.9. The average molecular weight is 305 g/mol. The van der Waals surface area contributed by atoms with Gasteiger partial charge in [0.15, 0.2) is 9.84 Å². The number of esters is 1. The number of amides is 1. The van der Waals surface area contributed by atoms with Crippen molar-refractivity contribution in [3.8, 4) is 0 Å². The van der Waals surface area contributed by atoms with E-state index in [4.69, 9.17) is 0 Å². The van der Waals surface area contributed by atoms with E-state index in [9.17, 15) is 18.0 Å². The van der Waals surface area contributed by atoms with E-state index in [1.54, 1.807) is 4.90 Å². The van der Waals surface area contributed by atoms with Crippen molar-refractivity contribution in [2.75, 3.05) is 25.2 Å². The molecule has 1 atom stereocenters. The third-order valence-corrected chi connectivity index (χ3v) is 5.09. The van der Waals surface area contributed by atoms with Gasteiger partial charge in [0, 0.05) is 19.0 Å². The zero-order chi connectivity index (χ0) is 15.3. The van der Waals surface area contributed by atoms with Crippen LogP contribution in [0.3, 0.4) is 0 Å². The number of sulfone groups is 1. The van der Waals surface area contributed by atoms with E-state index in [0.29, 0.717) is 12.8 Å². The molecule has 116 valence electrons. The topological polar surface area (TPSA) is 80.8 Å². The SMILES string of the molecule is COC(=O)CCN(C(=O)CC(C)C)[C@H]1CCS(=O)(=O)C1. The first-order valence-electron chi connectivity index (χ1n) is 6.82. The zero-order valence-corrected chi connectivity index (χ0v) is 13.1. The monoisotopic (exact) mass is 305 g/mol. The molecule has 0 aromatic heterocycles. The van der Waals surface area contributed by atoms with Crippen LogP contribution in [0.1, 0.15) is 33.1 Å². The molecule has 1 saturated heterocycles. The number of hydrogen-bond acceptors (Lipinski definition) is 5. The lowest BCUT2D eigenvalue weighted by Gasteiger charge is -2.28. The van der Waals surface area contributed by atoms with E-state index in [1.807, 2.05) is 13.8 Å². The van der Waals surface area contributed by atoms with Crippen LogP contribution in [0.5, 0.6) is 0 Å². The van der Waals surface area contributed by atoms with Gasteiger partial charge in [-0.2, -0.15) is 0 Å². The molecular weight excluding hydrogens is 282 g/mol. The Hall–Kier alpha value is -1.11. The molecule has 0 bridgehead atoms. The lowest BCUT2D eigenvalue weighted by atomic mass is 10.1. The van der Waals surface area contributed by atoms with Gasteiger partial charge in [-0.15, -0.1) is 0 Å². The Morgan fingerprint density at radius 2 is 2.00 bits per heavy atom. The maximum Gasteiger partial charge on any atom is 0.307 e. The molecule has 1 heterocycles. The number of ether oxygens (including phenoxy) is 1. The summed E-state index contributed by atoms with van der Waals surface area (Å²) in [7, 11) is -1.76. The van der Waals surface area contributed by atoms with Crippen molar-refractivity contribution in [2.45, 2.75) is 39.2 Å². The molecular formula is C13H23NO5S. The molecule has 7 heteroatoms. The van der Waals surface area contributed by atoms with E-state index in [2.05, 4.69) is 4.74 Å². The summed E-state index contributed by atoms with van der Waals surface area (Å²) in [5.74, 6) is -0.181. The summed E-state index contributed by atoms with van der Waals surface area (Å²) in [6.07, 6.45) is 0.905. The Balaban J connectivity index is 2.73. The number of methoxy groups -OCH3 is 1. The highest BCUT2D eigenvalue weighted by molar-refractivity contribution is 7.91. The Kier molecular flexibility index (Phi) is 5.98. The van der Waals surface area contributed by atoms with Crippen molar-refractivity contribution in [2.24, 2.45) is 5.92 Å². The average Bonchev–Trinajstić information content (AvgIpc) is 2.68. The first-order chi connectivity index (χ1) is 9.25. The van der Waals surface area contributed by atoms with Crippen molar-refractivity contribution < 1.29 is 22.7 Å². The highest BCUT2D eigenvalue weighted by Gasteiger charge is 2.34. The third-order valence-electron chi connectivity index (χ3n) is 3.34. The number of carbonyl (C=O) groups excluding carboxylic acids is 2. The lowest BCUT2D eigenvalue weighted by molar-refractivity contribution is -0.142. The molecule has 0 radical (unpaired) electrons. The number of nitrogens with zero attached hydrogens (tertiary/aromatic N) is 1. The molecule has 1 fully saturated rings. The van der Waals surface area contributed by atoms with Crippen LogP contribution in [0.2, 0.25) is 0 Å². The summed E-state index contributed by atoms with van der Waals surface area (Å²) in [5, 5.41) is 0. The lowest BCUT2D eigenvalue weighted by Crippen LogP contribution is -2.42. The molecule has 0 aromatic rings. The summed E-state index contributed by atoms with van der Waals surface area (Å²) < 4.78 is 27.7. The van der Waals surface area contributed by atoms with Gasteiger partial charge in [-0.3, -0.25) is 9.59 Å². The van der Waals surface area contributed by atoms with Gasteiger partial charge in [0.25, 0.3) is 0 Å². The van der Waals surface area contributed by atoms with Crippen molar-refractivity contribution in [3.63, 3.8) is 0 Å². The number of carbonyl (C=O) groups is 2. The van der Waals surface area contributed by atoms with Crippen LogP contribution >= 0.6 is 0 Å². The van der Waals surface area contributed by atoms with Gasteiger partial charge in [0.2, 0.25) is 5.91 Å². The molecule has 1 aliphatic heterocycles. The molecule has 1 rings (SSSR count). The summed E-state index contributed by atoms with van der Waals surface area (Å²) in [4.78, 5) is 25.0. The molecule has 0 saturated carbocycles. The molecule has 6 nitrogen and oxygen atoms in total. The van der Waals surface area contributed by atoms with Gasteiger partial charge in [-0.1, -0.05) is 13.8 Å². The van der Waals surface area contributed by atoms with Gasteiger partial charge < -0.3 is 9.64 Å². The first-order valence-corrected chi connectivity index (χ1v) is 8.64. The zero-order valence-electron chi connectivity index (χ0n) is 12.3. The normalized spacial score (nSPS) is 20.9. The predicted octanol–water partition coefficient (Wildman–Crippen LogP) is 0.611. The fourth-order valence-corrected chi connectivity index (χ4v) is 4.04. The van der Waals surface area contributed by atoms with Crippen molar-refractivity contribution in [1.29, 1.82) is 0 Å². The minimum atomic E-state index is -3.06. The van der Waals surface area contributed by atoms with Gasteiger partial charge in [0.1, 0.15) is 0 Å². The molecule has 0 spiro atoms. The van der Waals surface area contributed by atoms with E-state index < -0.39 is 15.8 Å². The Bertz CT molecular complexity index is 457. The summed E-state index contributed by atoms with van der Waals surface area (Å²) >= 11 is 0. The Morgan fingerprint density at radius 1 is 1.35 bits per heavy atom. The van der Waals surface area contributed by atoms with Crippen molar-refractivity contribution in [3.05, 3.63) is 0 Å². The molecule has 0 aromatic carbocycles. The van der Waals surface area contributed by atoms with Crippen LogP contribution in [-0.2, 0) is 24.2 Å². The van der Waals surface area contributed by atoms with E-state index in [0.717, 1.165) is 0 Å². The minimum absolute atomic E-state index is 0.00198. The van der Waals surface area contributed by atoms with Gasteiger partial charge in [-0.25, -0.2) is 8.42 Å². The Labute approximate surface area is 120 Å². The second-order valence-corrected chi connectivity index (χ2v) is 7.80. The van der Waals surface area contributed by atoms with E-state index >= 15 is 0 Å². The quantitative estimate of drug-likeness (QED) is 0.672. The minimum Gasteiger partial charge on any atom is -0.469 e. The van der Waals surface area contributed by atoms with Crippen LogP contribution in [0, 0.1) is 5.92 Å². The number of rotatable bonds is 6. The fraction of sp³-hybridized carbons (Fsp3) is 0.846. The highest BCUT2D eigenvalue weighted by Crippen LogP contribution is 2.20. The fourth-order valence-electron chi connectivity index (χ4n) is 2.31. The maximum atomic E-state index is 12.2. The highest BCUT2D eigenvalue weighted by atomic mass is 32.2. The van der Waals surface area contributed by atoms with Gasteiger partial charge >= 0.3 is 5.97 Å². The second kappa shape index (κ2) is 7.06. The summed E-state index contributed by atoms with van der Waals surface area (Å²) in [5.41, 5.74) is 0. The second-order valence-electron chi connectivity index (χ2n) is 5.57. The largest absolute Gasteiger partial charge is 0.469 e. The van der Waals surface area contributed by atoms with Crippen molar-refractivity contribution in [1.82, 2.24) is 4.90 Å². The van der Waals surface area contributed by atoms with E-state index in [1.165, 1.54) is 7.11 Å². The Morgan fingerprint density at radius 3 is 2.45 bits per heavy atom. The van der Waals surface area contributed by atoms with E-state index in [-0.39, 0.29) is 42.3 Å². The number of hydrogen-bond donors (Lipinski definition) is 0. The standard InChI is InChI=1S/C13H23NO5S/c1-10(2)8-12(15)14(6-4-13(16)19-3)11-5-7-20(17,18)9-11/h10-11H,4-9H2,1-3H3/t11-/m0/s1. The molecule has 0 aliphatic carbocycles. The third kappa shape index (κ3) is 5.11. The van der Waals surface area contributed by atoms with Crippen molar-refractivity contribution >= 4 is 21.7 Å².